The topological polar surface area (TPSA) is 38.0 Å². The van der Waals surface area contributed by atoms with E-state index in [1.54, 1.807) is 6.07 Å². The fourth-order valence-electron chi connectivity index (χ4n) is 1.54. The van der Waals surface area contributed by atoms with Crippen LogP contribution in [0.5, 0.6) is 0 Å². The van der Waals surface area contributed by atoms with E-state index in [9.17, 15) is 4.39 Å². The first-order valence-electron chi connectivity index (χ1n) is 5.49. The Morgan fingerprint density at radius 3 is 2.62 bits per heavy atom. The molecule has 1 aromatic carbocycles. The predicted molar refractivity (Wildman–Crippen MR) is 66.1 cm³/mol. The monoisotopic (exact) mass is 244 g/mol. The molecule has 3 N–H and O–H groups in total. The number of hydrogen-bond acceptors (Lipinski definition) is 2. The molecule has 2 nitrogen and oxygen atoms in total. The van der Waals surface area contributed by atoms with E-state index >= 15 is 0 Å². The van der Waals surface area contributed by atoms with Crippen molar-refractivity contribution in [1.82, 2.24) is 5.32 Å². The van der Waals surface area contributed by atoms with Crippen LogP contribution in [-0.2, 0) is 0 Å². The van der Waals surface area contributed by atoms with E-state index < -0.39 is 0 Å². The Morgan fingerprint density at radius 1 is 1.44 bits per heavy atom. The molecule has 1 aromatic rings. The maximum atomic E-state index is 13.2. The fraction of sp³-hybridized carbons (Fsp3) is 0.500. The minimum Gasteiger partial charge on any atom is -0.329 e. The minimum absolute atomic E-state index is 0.0526. The van der Waals surface area contributed by atoms with Gasteiger partial charge in [-0.25, -0.2) is 4.39 Å². The van der Waals surface area contributed by atoms with Crippen LogP contribution in [0, 0.1) is 5.82 Å². The smallest absolute Gasteiger partial charge is 0.125 e. The summed E-state index contributed by atoms with van der Waals surface area (Å²) in [6, 6.07) is 4.80. The highest BCUT2D eigenvalue weighted by Crippen LogP contribution is 2.20. The molecular weight excluding hydrogens is 227 g/mol. The summed E-state index contributed by atoms with van der Waals surface area (Å²) in [6.07, 6.45) is 1.000. The Hall–Kier alpha value is -0.640. The van der Waals surface area contributed by atoms with Crippen molar-refractivity contribution in [1.29, 1.82) is 0 Å². The van der Waals surface area contributed by atoms with Gasteiger partial charge in [-0.3, -0.25) is 0 Å². The predicted octanol–water partition coefficient (Wildman–Crippen LogP) is 2.87. The van der Waals surface area contributed by atoms with Gasteiger partial charge >= 0.3 is 0 Å². The molecule has 2 atom stereocenters. The Labute approximate surface area is 101 Å². The van der Waals surface area contributed by atoms with Gasteiger partial charge in [-0.15, -0.1) is 0 Å². The molecule has 0 saturated carbocycles. The third kappa shape index (κ3) is 3.74. The average Bonchev–Trinajstić information content (AvgIpc) is 2.24. The Kier molecular flexibility index (Phi) is 5.19. The summed E-state index contributed by atoms with van der Waals surface area (Å²) >= 11 is 5.81. The molecular formula is C12H18ClFN2. The molecule has 0 heterocycles. The Balaban J connectivity index is 2.86. The van der Waals surface area contributed by atoms with Gasteiger partial charge in [-0.2, -0.15) is 0 Å². The van der Waals surface area contributed by atoms with Gasteiger partial charge in [0, 0.05) is 23.7 Å². The largest absolute Gasteiger partial charge is 0.329 e. The van der Waals surface area contributed by atoms with Crippen LogP contribution in [0.25, 0.3) is 0 Å². The molecule has 0 aromatic heterocycles. The number of hydrogen-bond donors (Lipinski definition) is 2. The van der Waals surface area contributed by atoms with E-state index in [0.29, 0.717) is 17.6 Å². The average molecular weight is 245 g/mol. The quantitative estimate of drug-likeness (QED) is 0.836. The highest BCUT2D eigenvalue weighted by molar-refractivity contribution is 6.30. The van der Waals surface area contributed by atoms with Crippen LogP contribution in [0.2, 0.25) is 5.02 Å². The molecule has 0 saturated heterocycles. The lowest BCUT2D eigenvalue weighted by molar-refractivity contribution is 0.450. The molecule has 16 heavy (non-hydrogen) atoms. The minimum atomic E-state index is -0.327. The lowest BCUT2D eigenvalue weighted by atomic mass is 10.1. The van der Waals surface area contributed by atoms with Gasteiger partial charge in [0.05, 0.1) is 0 Å². The van der Waals surface area contributed by atoms with Gasteiger partial charge in [0.1, 0.15) is 5.82 Å². The number of rotatable bonds is 5. The van der Waals surface area contributed by atoms with Crippen LogP contribution in [0.15, 0.2) is 18.2 Å². The van der Waals surface area contributed by atoms with Gasteiger partial charge in [0.15, 0.2) is 0 Å². The van der Waals surface area contributed by atoms with Crippen LogP contribution < -0.4 is 11.1 Å². The molecule has 0 aliphatic rings. The van der Waals surface area contributed by atoms with Gasteiger partial charge in [0.25, 0.3) is 0 Å². The van der Waals surface area contributed by atoms with E-state index in [4.69, 9.17) is 17.3 Å². The highest BCUT2D eigenvalue weighted by atomic mass is 35.5. The summed E-state index contributed by atoms with van der Waals surface area (Å²) in [5, 5.41) is 3.74. The number of nitrogens with one attached hydrogen (secondary N) is 1. The van der Waals surface area contributed by atoms with E-state index in [2.05, 4.69) is 19.2 Å². The van der Waals surface area contributed by atoms with Crippen molar-refractivity contribution in [2.75, 3.05) is 6.54 Å². The summed E-state index contributed by atoms with van der Waals surface area (Å²) in [7, 11) is 0. The zero-order valence-electron chi connectivity index (χ0n) is 9.63. The first-order valence-corrected chi connectivity index (χ1v) is 5.86. The van der Waals surface area contributed by atoms with E-state index in [1.165, 1.54) is 12.1 Å². The van der Waals surface area contributed by atoms with Crippen molar-refractivity contribution in [3.05, 3.63) is 34.6 Å². The normalized spacial score (nSPS) is 14.8. The van der Waals surface area contributed by atoms with Crippen molar-refractivity contribution in [3.8, 4) is 0 Å². The molecule has 0 aliphatic carbocycles. The molecule has 4 heteroatoms. The molecule has 0 aliphatic heterocycles. The van der Waals surface area contributed by atoms with E-state index in [-0.39, 0.29) is 11.9 Å². The van der Waals surface area contributed by atoms with Crippen LogP contribution in [0.4, 0.5) is 4.39 Å². The molecule has 90 valence electrons. The summed E-state index contributed by atoms with van der Waals surface area (Å²) in [4.78, 5) is 0. The third-order valence-corrected chi connectivity index (χ3v) is 2.84. The summed E-state index contributed by atoms with van der Waals surface area (Å²) in [5.74, 6) is -0.327. The van der Waals surface area contributed by atoms with Crippen molar-refractivity contribution >= 4 is 11.6 Å². The van der Waals surface area contributed by atoms with Gasteiger partial charge < -0.3 is 11.1 Å². The molecule has 0 fully saturated rings. The zero-order chi connectivity index (χ0) is 12.1. The third-order valence-electron chi connectivity index (χ3n) is 2.62. The Bertz CT molecular complexity index is 324. The van der Waals surface area contributed by atoms with Crippen LogP contribution in [0.1, 0.15) is 31.9 Å². The lowest BCUT2D eigenvalue weighted by Gasteiger charge is -2.21. The van der Waals surface area contributed by atoms with Crippen molar-refractivity contribution < 1.29 is 4.39 Å². The molecule has 0 amide bonds. The fourth-order valence-corrected chi connectivity index (χ4v) is 1.77. The maximum absolute atomic E-state index is 13.2. The van der Waals surface area contributed by atoms with E-state index in [0.717, 1.165) is 12.0 Å². The second kappa shape index (κ2) is 6.18. The van der Waals surface area contributed by atoms with Gasteiger partial charge in [0.2, 0.25) is 0 Å². The van der Waals surface area contributed by atoms with Crippen LogP contribution in [-0.4, -0.2) is 12.6 Å². The van der Waals surface area contributed by atoms with Crippen LogP contribution >= 0.6 is 11.6 Å². The summed E-state index contributed by atoms with van der Waals surface area (Å²) in [5.41, 5.74) is 6.48. The second-order valence-corrected chi connectivity index (χ2v) is 4.40. The van der Waals surface area contributed by atoms with Gasteiger partial charge in [-0.1, -0.05) is 18.5 Å². The molecule has 2 unspecified atom stereocenters. The number of nitrogens with two attached hydrogens (primary N) is 1. The van der Waals surface area contributed by atoms with E-state index in [1.807, 2.05) is 0 Å². The zero-order valence-corrected chi connectivity index (χ0v) is 10.4. The number of benzene rings is 1. The summed E-state index contributed by atoms with van der Waals surface area (Å²) in [6.45, 7) is 4.58. The van der Waals surface area contributed by atoms with Crippen molar-refractivity contribution in [2.24, 2.45) is 5.73 Å². The highest BCUT2D eigenvalue weighted by Gasteiger charge is 2.13. The first-order chi connectivity index (χ1) is 7.56. The standard InChI is InChI=1S/C12H18ClFN2/c1-3-8(2)16-12(7-15)9-4-10(13)6-11(14)5-9/h4-6,8,12,16H,3,7,15H2,1-2H3. The van der Waals surface area contributed by atoms with Crippen molar-refractivity contribution in [3.63, 3.8) is 0 Å². The molecule has 0 radical (unpaired) electrons. The molecule has 0 spiro atoms. The lowest BCUT2D eigenvalue weighted by Crippen LogP contribution is -2.34. The van der Waals surface area contributed by atoms with Gasteiger partial charge in [-0.05, 0) is 37.1 Å². The first kappa shape index (κ1) is 13.4. The van der Waals surface area contributed by atoms with Crippen molar-refractivity contribution in [2.45, 2.75) is 32.4 Å². The Morgan fingerprint density at radius 2 is 2.12 bits per heavy atom. The molecule has 1 rings (SSSR count). The second-order valence-electron chi connectivity index (χ2n) is 3.97. The SMILES string of the molecule is CCC(C)NC(CN)c1cc(F)cc(Cl)c1. The van der Waals surface area contributed by atoms with Crippen LogP contribution in [0.3, 0.4) is 0 Å². The summed E-state index contributed by atoms with van der Waals surface area (Å²) < 4.78 is 13.2. The maximum Gasteiger partial charge on any atom is 0.125 e. The molecule has 0 bridgehead atoms. The number of halogens is 2.